The number of nitrogens with two attached hydrogens (primary N) is 1. The van der Waals surface area contributed by atoms with Crippen LogP contribution in [0.3, 0.4) is 0 Å². The van der Waals surface area contributed by atoms with Gasteiger partial charge in [-0.25, -0.2) is 0 Å². The molecule has 2 rings (SSSR count). The molecule has 1 unspecified atom stereocenters. The summed E-state index contributed by atoms with van der Waals surface area (Å²) in [5, 5.41) is 0. The third-order valence-electron chi connectivity index (χ3n) is 3.39. The summed E-state index contributed by atoms with van der Waals surface area (Å²) in [6.07, 6.45) is -0.170. The molecule has 1 atom stereocenters. The molecule has 112 valence electrons. The second-order valence-corrected chi connectivity index (χ2v) is 5.78. The summed E-state index contributed by atoms with van der Waals surface area (Å²) in [7, 11) is 1.65. The summed E-state index contributed by atoms with van der Waals surface area (Å²) in [6.45, 7) is 4.52. The van der Waals surface area contributed by atoms with Crippen LogP contribution in [0.1, 0.15) is 22.8 Å². The molecule has 0 amide bonds. The van der Waals surface area contributed by atoms with E-state index in [1.165, 1.54) is 0 Å². The average molecular weight is 350 g/mol. The van der Waals surface area contributed by atoms with Crippen molar-refractivity contribution in [2.45, 2.75) is 20.0 Å². The Hall–Kier alpha value is -1.52. The highest BCUT2D eigenvalue weighted by Crippen LogP contribution is 2.29. The van der Waals surface area contributed by atoms with Crippen molar-refractivity contribution in [3.8, 4) is 11.5 Å². The molecule has 4 heteroatoms. The number of ether oxygens (including phenoxy) is 2. The Morgan fingerprint density at radius 1 is 1.05 bits per heavy atom. The standard InChI is InChI=1S/C17H20BrNO2/c1-11-8-15(9-12(2)17(11)18)21-16(10-19)13-4-6-14(20-3)7-5-13/h4-9,16H,10,19H2,1-3H3. The molecule has 0 fully saturated rings. The van der Waals surface area contributed by atoms with Crippen molar-refractivity contribution in [1.82, 2.24) is 0 Å². The van der Waals surface area contributed by atoms with Crippen molar-refractivity contribution in [3.05, 3.63) is 57.6 Å². The highest BCUT2D eigenvalue weighted by molar-refractivity contribution is 9.10. The molecule has 0 radical (unpaired) electrons. The monoisotopic (exact) mass is 349 g/mol. The van der Waals surface area contributed by atoms with Gasteiger partial charge in [-0.3, -0.25) is 0 Å². The van der Waals surface area contributed by atoms with Crippen molar-refractivity contribution in [2.75, 3.05) is 13.7 Å². The van der Waals surface area contributed by atoms with Crippen LogP contribution in [0.5, 0.6) is 11.5 Å². The van der Waals surface area contributed by atoms with E-state index in [1.54, 1.807) is 7.11 Å². The minimum atomic E-state index is -0.170. The largest absolute Gasteiger partial charge is 0.497 e. The average Bonchev–Trinajstić information content (AvgIpc) is 2.50. The maximum absolute atomic E-state index is 6.05. The summed E-state index contributed by atoms with van der Waals surface area (Å²) < 4.78 is 12.3. The first-order valence-corrected chi connectivity index (χ1v) is 7.62. The molecule has 0 aliphatic heterocycles. The van der Waals surface area contributed by atoms with Crippen molar-refractivity contribution in [1.29, 1.82) is 0 Å². The molecule has 2 aromatic carbocycles. The molecule has 21 heavy (non-hydrogen) atoms. The molecule has 2 N–H and O–H groups in total. The first-order chi connectivity index (χ1) is 10.0. The van der Waals surface area contributed by atoms with Gasteiger partial charge in [0, 0.05) is 11.0 Å². The Balaban J connectivity index is 2.22. The van der Waals surface area contributed by atoms with Crippen molar-refractivity contribution in [3.63, 3.8) is 0 Å². The summed E-state index contributed by atoms with van der Waals surface area (Å²) in [4.78, 5) is 0. The van der Waals surface area contributed by atoms with E-state index in [-0.39, 0.29) is 6.10 Å². The third-order valence-corrected chi connectivity index (χ3v) is 4.64. The van der Waals surface area contributed by atoms with Crippen molar-refractivity contribution >= 4 is 15.9 Å². The number of hydrogen-bond acceptors (Lipinski definition) is 3. The molecule has 0 aliphatic carbocycles. The predicted molar refractivity (Wildman–Crippen MR) is 89.0 cm³/mol. The number of rotatable bonds is 5. The van der Waals surface area contributed by atoms with Crippen LogP contribution in [-0.4, -0.2) is 13.7 Å². The van der Waals surface area contributed by atoms with Crippen LogP contribution in [0.15, 0.2) is 40.9 Å². The minimum Gasteiger partial charge on any atom is -0.497 e. The highest BCUT2D eigenvalue weighted by atomic mass is 79.9. The smallest absolute Gasteiger partial charge is 0.136 e. The number of halogens is 1. The molecule has 0 spiro atoms. The van der Waals surface area contributed by atoms with E-state index in [9.17, 15) is 0 Å². The molecule has 0 bridgehead atoms. The molecule has 0 saturated heterocycles. The molecule has 0 aromatic heterocycles. The lowest BCUT2D eigenvalue weighted by molar-refractivity contribution is 0.214. The van der Waals surface area contributed by atoms with E-state index in [4.69, 9.17) is 15.2 Å². The summed E-state index contributed by atoms with van der Waals surface area (Å²) in [6, 6.07) is 11.8. The molecule has 0 aliphatic rings. The normalized spacial score (nSPS) is 12.0. The number of hydrogen-bond donors (Lipinski definition) is 1. The van der Waals surface area contributed by atoms with Crippen LogP contribution in [0, 0.1) is 13.8 Å². The first-order valence-electron chi connectivity index (χ1n) is 6.82. The predicted octanol–water partition coefficient (Wildman–Crippen LogP) is 4.15. The lowest BCUT2D eigenvalue weighted by Gasteiger charge is -2.19. The van der Waals surface area contributed by atoms with E-state index < -0.39 is 0 Å². The van der Waals surface area contributed by atoms with Crippen LogP contribution in [0.25, 0.3) is 0 Å². The van der Waals surface area contributed by atoms with E-state index in [0.717, 1.165) is 32.7 Å². The molecule has 2 aromatic rings. The molecular weight excluding hydrogens is 330 g/mol. The zero-order chi connectivity index (χ0) is 15.4. The van der Waals surface area contributed by atoms with Gasteiger partial charge in [0.2, 0.25) is 0 Å². The van der Waals surface area contributed by atoms with E-state index in [2.05, 4.69) is 29.8 Å². The SMILES string of the molecule is COc1ccc(C(CN)Oc2cc(C)c(Br)c(C)c2)cc1. The second-order valence-electron chi connectivity index (χ2n) is 4.99. The van der Waals surface area contributed by atoms with Crippen LogP contribution < -0.4 is 15.2 Å². The van der Waals surface area contributed by atoms with Gasteiger partial charge in [0.1, 0.15) is 17.6 Å². The number of aryl methyl sites for hydroxylation is 2. The zero-order valence-electron chi connectivity index (χ0n) is 12.5. The Morgan fingerprint density at radius 3 is 2.10 bits per heavy atom. The van der Waals surface area contributed by atoms with Gasteiger partial charge in [-0.05, 0) is 54.8 Å². The van der Waals surface area contributed by atoms with Crippen molar-refractivity contribution in [2.24, 2.45) is 5.73 Å². The van der Waals surface area contributed by atoms with Gasteiger partial charge in [-0.15, -0.1) is 0 Å². The van der Waals surface area contributed by atoms with Gasteiger partial charge < -0.3 is 15.2 Å². The minimum absolute atomic E-state index is 0.170. The molecular formula is C17H20BrNO2. The topological polar surface area (TPSA) is 44.5 Å². The Labute approximate surface area is 134 Å². The van der Waals surface area contributed by atoms with Crippen LogP contribution in [0.4, 0.5) is 0 Å². The summed E-state index contributed by atoms with van der Waals surface area (Å²) in [5.41, 5.74) is 9.20. The maximum Gasteiger partial charge on any atom is 0.136 e. The highest BCUT2D eigenvalue weighted by Gasteiger charge is 2.13. The van der Waals surface area contributed by atoms with Crippen molar-refractivity contribution < 1.29 is 9.47 Å². The van der Waals surface area contributed by atoms with E-state index in [1.807, 2.05) is 36.4 Å². The third kappa shape index (κ3) is 3.77. The first kappa shape index (κ1) is 15.9. The van der Waals surface area contributed by atoms with E-state index >= 15 is 0 Å². The zero-order valence-corrected chi connectivity index (χ0v) is 14.1. The van der Waals surface area contributed by atoms with Crippen LogP contribution in [-0.2, 0) is 0 Å². The fourth-order valence-corrected chi connectivity index (χ4v) is 2.44. The van der Waals surface area contributed by atoms with Gasteiger partial charge in [0.25, 0.3) is 0 Å². The van der Waals surface area contributed by atoms with E-state index in [0.29, 0.717) is 6.54 Å². The van der Waals surface area contributed by atoms with Gasteiger partial charge in [-0.1, -0.05) is 28.1 Å². The van der Waals surface area contributed by atoms with Crippen LogP contribution >= 0.6 is 15.9 Å². The Morgan fingerprint density at radius 2 is 1.62 bits per heavy atom. The number of benzene rings is 2. The lowest BCUT2D eigenvalue weighted by atomic mass is 10.1. The van der Waals surface area contributed by atoms with Gasteiger partial charge >= 0.3 is 0 Å². The van der Waals surface area contributed by atoms with Gasteiger partial charge in [0.15, 0.2) is 0 Å². The quantitative estimate of drug-likeness (QED) is 0.881. The fourth-order valence-electron chi connectivity index (χ4n) is 2.21. The maximum atomic E-state index is 6.05. The lowest BCUT2D eigenvalue weighted by Crippen LogP contribution is -2.18. The van der Waals surface area contributed by atoms with Crippen LogP contribution in [0.2, 0.25) is 0 Å². The fraction of sp³-hybridized carbons (Fsp3) is 0.294. The summed E-state index contributed by atoms with van der Waals surface area (Å²) in [5.74, 6) is 1.66. The number of methoxy groups -OCH3 is 1. The van der Waals surface area contributed by atoms with Gasteiger partial charge in [-0.2, -0.15) is 0 Å². The molecule has 3 nitrogen and oxygen atoms in total. The Kier molecular flexibility index (Phi) is 5.26. The second kappa shape index (κ2) is 6.96. The Bertz CT molecular complexity index is 588. The van der Waals surface area contributed by atoms with Gasteiger partial charge in [0.05, 0.1) is 7.11 Å². The molecule has 0 saturated carbocycles. The summed E-state index contributed by atoms with van der Waals surface area (Å²) >= 11 is 3.56. The molecule has 0 heterocycles.